The molecule has 1 N–H and O–H groups in total. The highest BCUT2D eigenvalue weighted by Crippen LogP contribution is 2.23. The van der Waals surface area contributed by atoms with Crippen molar-refractivity contribution < 1.29 is 5.11 Å². The van der Waals surface area contributed by atoms with Gasteiger partial charge < -0.3 is 5.11 Å². The number of benzene rings is 1. The van der Waals surface area contributed by atoms with Gasteiger partial charge >= 0.3 is 0 Å². The predicted octanol–water partition coefficient (Wildman–Crippen LogP) is 3.25. The second-order valence-corrected chi connectivity index (χ2v) is 4.58. The van der Waals surface area contributed by atoms with Crippen LogP contribution < -0.4 is 0 Å². The first-order chi connectivity index (χ1) is 6.74. The van der Waals surface area contributed by atoms with E-state index in [-0.39, 0.29) is 6.10 Å². The maximum Gasteiger partial charge on any atom is 0.0634 e. The van der Waals surface area contributed by atoms with Gasteiger partial charge in [-0.25, -0.2) is 0 Å². The van der Waals surface area contributed by atoms with Crippen LogP contribution in [0, 0.1) is 6.92 Å². The van der Waals surface area contributed by atoms with E-state index in [0.717, 1.165) is 18.6 Å². The van der Waals surface area contributed by atoms with E-state index in [1.165, 1.54) is 10.5 Å². The Morgan fingerprint density at radius 3 is 2.71 bits per heavy atom. The minimum Gasteiger partial charge on any atom is -0.392 e. The molecule has 1 aromatic carbocycles. The summed E-state index contributed by atoms with van der Waals surface area (Å²) in [5.74, 6) is 0.804. The average Bonchev–Trinajstić information content (AvgIpc) is 2.17. The van der Waals surface area contributed by atoms with Gasteiger partial charge in [0.05, 0.1) is 6.10 Å². The maximum absolute atomic E-state index is 9.58. The molecule has 1 unspecified atom stereocenters. The van der Waals surface area contributed by atoms with Crippen molar-refractivity contribution in [3.63, 3.8) is 0 Å². The Labute approximate surface area is 90.5 Å². The highest BCUT2D eigenvalue weighted by atomic mass is 32.2. The monoisotopic (exact) mass is 210 g/mol. The number of hydrogen-bond acceptors (Lipinski definition) is 2. The molecule has 14 heavy (non-hydrogen) atoms. The maximum atomic E-state index is 9.58. The Kier molecular flexibility index (Phi) is 5.05. The number of rotatable bonds is 5. The lowest BCUT2D eigenvalue weighted by Crippen LogP contribution is -2.08. The van der Waals surface area contributed by atoms with Crippen LogP contribution in [-0.2, 0) is 0 Å². The molecule has 0 saturated heterocycles. The summed E-state index contributed by atoms with van der Waals surface area (Å²) < 4.78 is 0. The van der Waals surface area contributed by atoms with Crippen molar-refractivity contribution in [3.8, 4) is 0 Å². The summed E-state index contributed by atoms with van der Waals surface area (Å²) in [6.45, 7) is 4.20. The Bertz CT molecular complexity index is 273. The first kappa shape index (κ1) is 11.6. The smallest absolute Gasteiger partial charge is 0.0634 e. The van der Waals surface area contributed by atoms with Crippen LogP contribution in [0.15, 0.2) is 29.2 Å². The summed E-state index contributed by atoms with van der Waals surface area (Å²) >= 11 is 1.75. The molecule has 0 heterocycles. The van der Waals surface area contributed by atoms with E-state index in [9.17, 15) is 5.11 Å². The molecule has 0 radical (unpaired) electrons. The minimum absolute atomic E-state index is 0.162. The van der Waals surface area contributed by atoms with Gasteiger partial charge in [-0.2, -0.15) is 0 Å². The predicted molar refractivity (Wildman–Crippen MR) is 62.8 cm³/mol. The molecule has 1 nitrogen and oxygen atoms in total. The zero-order chi connectivity index (χ0) is 10.4. The minimum atomic E-state index is -0.162. The van der Waals surface area contributed by atoms with E-state index in [4.69, 9.17) is 0 Å². The number of hydrogen-bond donors (Lipinski definition) is 1. The van der Waals surface area contributed by atoms with Crippen LogP contribution in [0.1, 0.15) is 25.3 Å². The largest absolute Gasteiger partial charge is 0.392 e. The van der Waals surface area contributed by atoms with Crippen molar-refractivity contribution in [2.45, 2.75) is 37.7 Å². The van der Waals surface area contributed by atoms with Gasteiger partial charge in [0.1, 0.15) is 0 Å². The van der Waals surface area contributed by atoms with Crippen LogP contribution >= 0.6 is 11.8 Å². The lowest BCUT2D eigenvalue weighted by Gasteiger charge is -2.09. The third kappa shape index (κ3) is 3.72. The van der Waals surface area contributed by atoms with E-state index >= 15 is 0 Å². The average molecular weight is 210 g/mol. The van der Waals surface area contributed by atoms with Gasteiger partial charge in [-0.05, 0) is 25.0 Å². The topological polar surface area (TPSA) is 20.2 Å². The molecule has 0 fully saturated rings. The van der Waals surface area contributed by atoms with E-state index in [1.54, 1.807) is 11.8 Å². The van der Waals surface area contributed by atoms with Gasteiger partial charge in [-0.3, -0.25) is 0 Å². The lowest BCUT2D eigenvalue weighted by atomic mass is 10.2. The number of aliphatic hydroxyl groups excluding tert-OH is 1. The van der Waals surface area contributed by atoms with Crippen LogP contribution in [-0.4, -0.2) is 17.0 Å². The van der Waals surface area contributed by atoms with Gasteiger partial charge in [0, 0.05) is 10.6 Å². The number of aryl methyl sites for hydroxylation is 1. The van der Waals surface area contributed by atoms with E-state index < -0.39 is 0 Å². The first-order valence-electron chi connectivity index (χ1n) is 5.10. The molecular weight excluding hydrogens is 192 g/mol. The normalized spacial score (nSPS) is 12.8. The third-order valence-corrected chi connectivity index (χ3v) is 3.47. The number of thioether (sulfide) groups is 1. The fourth-order valence-electron chi connectivity index (χ4n) is 1.32. The van der Waals surface area contributed by atoms with Crippen molar-refractivity contribution in [2.24, 2.45) is 0 Å². The first-order valence-corrected chi connectivity index (χ1v) is 6.09. The van der Waals surface area contributed by atoms with Crippen molar-refractivity contribution in [1.82, 2.24) is 0 Å². The van der Waals surface area contributed by atoms with Gasteiger partial charge in [0.15, 0.2) is 0 Å². The molecule has 0 aliphatic heterocycles. The Morgan fingerprint density at radius 2 is 2.07 bits per heavy atom. The standard InChI is InChI=1S/C12H18OS/c1-3-6-11(13)9-14-12-8-5-4-7-10(12)2/h4-5,7-8,11,13H,3,6,9H2,1-2H3. The van der Waals surface area contributed by atoms with Crippen molar-refractivity contribution in [1.29, 1.82) is 0 Å². The molecule has 0 spiro atoms. The van der Waals surface area contributed by atoms with Gasteiger partial charge in [0.25, 0.3) is 0 Å². The summed E-state index contributed by atoms with van der Waals surface area (Å²) in [4.78, 5) is 1.28. The fourth-order valence-corrected chi connectivity index (χ4v) is 2.33. The van der Waals surface area contributed by atoms with Crippen LogP contribution in [0.4, 0.5) is 0 Å². The lowest BCUT2D eigenvalue weighted by molar-refractivity contribution is 0.188. The zero-order valence-corrected chi connectivity index (χ0v) is 9.68. The summed E-state index contributed by atoms with van der Waals surface area (Å²) in [6, 6.07) is 8.30. The molecule has 1 rings (SSSR count). The Morgan fingerprint density at radius 1 is 1.36 bits per heavy atom. The highest BCUT2D eigenvalue weighted by Gasteiger charge is 2.04. The molecule has 1 aromatic rings. The summed E-state index contributed by atoms with van der Waals surface area (Å²) in [7, 11) is 0. The molecule has 78 valence electrons. The quantitative estimate of drug-likeness (QED) is 0.753. The molecule has 0 aliphatic rings. The molecule has 0 aliphatic carbocycles. The highest BCUT2D eigenvalue weighted by molar-refractivity contribution is 7.99. The molecule has 0 bridgehead atoms. The fraction of sp³-hybridized carbons (Fsp3) is 0.500. The third-order valence-electron chi connectivity index (χ3n) is 2.15. The Hall–Kier alpha value is -0.470. The Balaban J connectivity index is 2.41. The summed E-state index contributed by atoms with van der Waals surface area (Å²) in [6.07, 6.45) is 1.79. The molecule has 0 aromatic heterocycles. The summed E-state index contributed by atoms with van der Waals surface area (Å²) in [5.41, 5.74) is 1.29. The molecule has 2 heteroatoms. The van der Waals surface area contributed by atoms with Crippen molar-refractivity contribution >= 4 is 11.8 Å². The molecule has 0 amide bonds. The molecular formula is C12H18OS. The number of aliphatic hydroxyl groups is 1. The van der Waals surface area contributed by atoms with Gasteiger partial charge in [-0.1, -0.05) is 31.5 Å². The zero-order valence-electron chi connectivity index (χ0n) is 8.86. The van der Waals surface area contributed by atoms with Crippen LogP contribution in [0.2, 0.25) is 0 Å². The van der Waals surface area contributed by atoms with Crippen LogP contribution in [0.3, 0.4) is 0 Å². The van der Waals surface area contributed by atoms with E-state index in [0.29, 0.717) is 0 Å². The van der Waals surface area contributed by atoms with E-state index in [2.05, 4.69) is 26.0 Å². The van der Waals surface area contributed by atoms with Gasteiger partial charge in [-0.15, -0.1) is 11.8 Å². The summed E-state index contributed by atoms with van der Waals surface area (Å²) in [5, 5.41) is 9.58. The van der Waals surface area contributed by atoms with Crippen molar-refractivity contribution in [2.75, 3.05) is 5.75 Å². The molecule has 1 atom stereocenters. The van der Waals surface area contributed by atoms with Crippen molar-refractivity contribution in [3.05, 3.63) is 29.8 Å². The second-order valence-electron chi connectivity index (χ2n) is 3.52. The van der Waals surface area contributed by atoms with Crippen LogP contribution in [0.25, 0.3) is 0 Å². The van der Waals surface area contributed by atoms with Crippen LogP contribution in [0.5, 0.6) is 0 Å². The molecule has 0 saturated carbocycles. The second kappa shape index (κ2) is 6.10. The SMILES string of the molecule is CCCC(O)CSc1ccccc1C. The van der Waals surface area contributed by atoms with Gasteiger partial charge in [0.2, 0.25) is 0 Å². The van der Waals surface area contributed by atoms with E-state index in [1.807, 2.05) is 12.1 Å².